The molecular formula is C20H21N3O2. The predicted octanol–water partition coefficient (Wildman–Crippen LogP) is 2.25. The Morgan fingerprint density at radius 3 is 2.92 bits per heavy atom. The van der Waals surface area contributed by atoms with Gasteiger partial charge in [-0.15, -0.1) is 0 Å². The average molecular weight is 335 g/mol. The predicted molar refractivity (Wildman–Crippen MR) is 96.3 cm³/mol. The maximum absolute atomic E-state index is 12.9. The summed E-state index contributed by atoms with van der Waals surface area (Å²) in [4.78, 5) is 18.9. The van der Waals surface area contributed by atoms with Crippen LogP contribution < -0.4 is 0 Å². The molecule has 4 rings (SSSR count). The summed E-state index contributed by atoms with van der Waals surface area (Å²) in [6.45, 7) is 0.934. The number of hydrogen-bond acceptors (Lipinski definition) is 3. The van der Waals surface area contributed by atoms with Crippen LogP contribution in [-0.2, 0) is 13.5 Å². The monoisotopic (exact) mass is 335 g/mol. The number of aliphatic hydroxyl groups excluding tert-OH is 1. The third-order valence-corrected chi connectivity index (χ3v) is 5.03. The Hall–Kier alpha value is -2.66. The average Bonchev–Trinajstić information content (AvgIpc) is 3.18. The van der Waals surface area contributed by atoms with Crippen LogP contribution in [0.1, 0.15) is 16.1 Å². The molecule has 1 N–H and O–H groups in total. The van der Waals surface area contributed by atoms with Crippen molar-refractivity contribution in [3.63, 3.8) is 0 Å². The number of fused-ring (bicyclic) bond motifs is 1. The number of aliphatic hydroxyl groups is 1. The van der Waals surface area contributed by atoms with Gasteiger partial charge in [0.2, 0.25) is 0 Å². The quantitative estimate of drug-likeness (QED) is 0.799. The van der Waals surface area contributed by atoms with E-state index < -0.39 is 6.10 Å². The van der Waals surface area contributed by atoms with Crippen molar-refractivity contribution in [3.05, 3.63) is 66.1 Å². The van der Waals surface area contributed by atoms with Crippen molar-refractivity contribution in [1.82, 2.24) is 14.5 Å². The Morgan fingerprint density at radius 2 is 2.12 bits per heavy atom. The van der Waals surface area contributed by atoms with E-state index in [1.807, 2.05) is 60.3 Å². The van der Waals surface area contributed by atoms with Crippen LogP contribution in [0.15, 0.2) is 54.9 Å². The van der Waals surface area contributed by atoms with Crippen molar-refractivity contribution < 1.29 is 9.90 Å². The van der Waals surface area contributed by atoms with Crippen molar-refractivity contribution in [2.24, 2.45) is 13.0 Å². The first kappa shape index (κ1) is 15.8. The van der Waals surface area contributed by atoms with E-state index in [0.717, 1.165) is 16.6 Å². The molecule has 1 saturated heterocycles. The van der Waals surface area contributed by atoms with Gasteiger partial charge in [0.15, 0.2) is 0 Å². The summed E-state index contributed by atoms with van der Waals surface area (Å²) in [5, 5.41) is 11.5. The molecule has 1 amide bonds. The molecule has 128 valence electrons. The Morgan fingerprint density at radius 1 is 1.24 bits per heavy atom. The topological polar surface area (TPSA) is 58.4 Å². The van der Waals surface area contributed by atoms with Crippen LogP contribution in [0.3, 0.4) is 0 Å². The fourth-order valence-electron chi connectivity index (χ4n) is 3.59. The molecule has 5 heteroatoms. The molecule has 1 aliphatic heterocycles. The van der Waals surface area contributed by atoms with Gasteiger partial charge in [0.05, 0.1) is 6.10 Å². The van der Waals surface area contributed by atoms with Gasteiger partial charge in [-0.25, -0.2) is 0 Å². The smallest absolute Gasteiger partial charge is 0.254 e. The Kier molecular flexibility index (Phi) is 4.01. The largest absolute Gasteiger partial charge is 0.391 e. The lowest BCUT2D eigenvalue weighted by molar-refractivity contribution is 0.0765. The van der Waals surface area contributed by atoms with Crippen molar-refractivity contribution >= 4 is 16.8 Å². The number of carbonyl (C=O) groups is 1. The number of nitrogens with zero attached hydrogens (tertiary/aromatic N) is 3. The molecule has 0 saturated carbocycles. The second-order valence-corrected chi connectivity index (χ2v) is 6.76. The Bertz CT molecular complexity index is 904. The normalized spacial score (nSPS) is 20.3. The molecule has 0 spiro atoms. The summed E-state index contributed by atoms with van der Waals surface area (Å²) >= 11 is 0. The number of likely N-dealkylation sites (tertiary alicyclic amines) is 1. The zero-order valence-electron chi connectivity index (χ0n) is 14.2. The highest BCUT2D eigenvalue weighted by atomic mass is 16.3. The molecule has 0 aliphatic carbocycles. The van der Waals surface area contributed by atoms with Gasteiger partial charge in [-0.1, -0.05) is 12.1 Å². The van der Waals surface area contributed by atoms with E-state index in [9.17, 15) is 9.90 Å². The second-order valence-electron chi connectivity index (χ2n) is 6.76. The number of amides is 1. The molecule has 1 aromatic carbocycles. The number of hydrogen-bond donors (Lipinski definition) is 1. The van der Waals surface area contributed by atoms with Gasteiger partial charge in [0.1, 0.15) is 0 Å². The number of rotatable bonds is 3. The van der Waals surface area contributed by atoms with Gasteiger partial charge in [-0.2, -0.15) is 0 Å². The van der Waals surface area contributed by atoms with E-state index >= 15 is 0 Å². The van der Waals surface area contributed by atoms with Gasteiger partial charge < -0.3 is 14.6 Å². The number of aryl methyl sites for hydroxylation is 1. The van der Waals surface area contributed by atoms with E-state index in [1.165, 1.54) is 0 Å². The van der Waals surface area contributed by atoms with E-state index in [0.29, 0.717) is 25.1 Å². The molecule has 25 heavy (non-hydrogen) atoms. The summed E-state index contributed by atoms with van der Waals surface area (Å²) in [5.74, 6) is 0.00304. The summed E-state index contributed by atoms with van der Waals surface area (Å²) in [5.41, 5.74) is 2.65. The standard InChI is InChI=1S/C20H21N3O2/c1-22-9-7-14-5-6-15(11-18(14)22)20(25)23-12-16(19(24)13-23)10-17-4-2-3-8-21-17/h2-9,11,16,19,24H,10,12-13H2,1H3/t16-,19-/m1/s1. The zero-order chi connectivity index (χ0) is 17.4. The van der Waals surface area contributed by atoms with Crippen LogP contribution in [0.5, 0.6) is 0 Å². The Balaban J connectivity index is 1.51. The van der Waals surface area contributed by atoms with Gasteiger partial charge in [-0.3, -0.25) is 9.78 Å². The minimum absolute atomic E-state index is 0.0225. The maximum atomic E-state index is 12.9. The van der Waals surface area contributed by atoms with Crippen molar-refractivity contribution in [3.8, 4) is 0 Å². The van der Waals surface area contributed by atoms with Gasteiger partial charge in [-0.05, 0) is 42.1 Å². The lowest BCUT2D eigenvalue weighted by atomic mass is 10.00. The van der Waals surface area contributed by atoms with Crippen molar-refractivity contribution in [2.45, 2.75) is 12.5 Å². The van der Waals surface area contributed by atoms with Crippen molar-refractivity contribution in [2.75, 3.05) is 13.1 Å². The number of β-amino-alcohol motifs (C(OH)–C–C–N with tert-alkyl or cyclic N) is 1. The van der Waals surface area contributed by atoms with E-state index in [1.54, 1.807) is 11.1 Å². The summed E-state index contributed by atoms with van der Waals surface area (Å²) in [6, 6.07) is 13.6. The molecule has 2 aromatic heterocycles. The maximum Gasteiger partial charge on any atom is 0.254 e. The third kappa shape index (κ3) is 3.03. The fourth-order valence-corrected chi connectivity index (χ4v) is 3.59. The minimum atomic E-state index is -0.510. The summed E-state index contributed by atoms with van der Waals surface area (Å²) < 4.78 is 2.01. The molecule has 3 aromatic rings. The first-order chi connectivity index (χ1) is 12.1. The van der Waals surface area contributed by atoms with E-state index in [2.05, 4.69) is 4.98 Å². The van der Waals surface area contributed by atoms with Crippen LogP contribution in [0.25, 0.3) is 10.9 Å². The van der Waals surface area contributed by atoms with Crippen LogP contribution in [0.2, 0.25) is 0 Å². The number of aromatic nitrogens is 2. The third-order valence-electron chi connectivity index (χ3n) is 5.03. The molecule has 1 fully saturated rings. The highest BCUT2D eigenvalue weighted by Crippen LogP contribution is 2.24. The number of benzene rings is 1. The van der Waals surface area contributed by atoms with Crippen molar-refractivity contribution in [1.29, 1.82) is 0 Å². The molecule has 3 heterocycles. The minimum Gasteiger partial charge on any atom is -0.391 e. The zero-order valence-corrected chi connectivity index (χ0v) is 14.2. The highest BCUT2D eigenvalue weighted by molar-refractivity contribution is 5.98. The summed E-state index contributed by atoms with van der Waals surface area (Å²) in [6.07, 6.45) is 3.92. The number of pyridine rings is 1. The Labute approximate surface area is 146 Å². The van der Waals surface area contributed by atoms with E-state index in [4.69, 9.17) is 0 Å². The first-order valence-electron chi connectivity index (χ1n) is 8.54. The fraction of sp³-hybridized carbons (Fsp3) is 0.300. The van der Waals surface area contributed by atoms with E-state index in [-0.39, 0.29) is 11.8 Å². The lowest BCUT2D eigenvalue weighted by Gasteiger charge is -2.16. The molecule has 5 nitrogen and oxygen atoms in total. The van der Waals surface area contributed by atoms with Gasteiger partial charge >= 0.3 is 0 Å². The molecular weight excluding hydrogens is 314 g/mol. The molecule has 1 aliphatic rings. The van der Waals surface area contributed by atoms with Crippen LogP contribution in [0, 0.1) is 5.92 Å². The molecule has 0 bridgehead atoms. The van der Waals surface area contributed by atoms with Gasteiger partial charge in [0.25, 0.3) is 5.91 Å². The molecule has 2 atom stereocenters. The molecule has 0 radical (unpaired) electrons. The molecule has 0 unspecified atom stereocenters. The van der Waals surface area contributed by atoms with Crippen LogP contribution >= 0.6 is 0 Å². The highest BCUT2D eigenvalue weighted by Gasteiger charge is 2.34. The van der Waals surface area contributed by atoms with Crippen LogP contribution in [-0.4, -0.2) is 44.7 Å². The SMILES string of the molecule is Cn1ccc2ccc(C(=O)N3C[C@@H](Cc4ccccn4)[C@H](O)C3)cc21. The van der Waals surface area contributed by atoms with Gasteiger partial charge in [0, 0.05) is 55.2 Å². The summed E-state index contributed by atoms with van der Waals surface area (Å²) in [7, 11) is 1.97. The first-order valence-corrected chi connectivity index (χ1v) is 8.54. The second kappa shape index (κ2) is 6.33. The number of carbonyl (C=O) groups excluding carboxylic acids is 1. The van der Waals surface area contributed by atoms with Crippen LogP contribution in [0.4, 0.5) is 0 Å². The lowest BCUT2D eigenvalue weighted by Crippen LogP contribution is -2.29.